The summed E-state index contributed by atoms with van der Waals surface area (Å²) >= 11 is 0. The van der Waals surface area contributed by atoms with E-state index in [1.165, 1.54) is 0 Å². The lowest BCUT2D eigenvalue weighted by Gasteiger charge is -2.21. The monoisotopic (exact) mass is 489 g/mol. The molecule has 0 spiro atoms. The molecule has 0 fully saturated rings. The van der Waals surface area contributed by atoms with E-state index >= 15 is 0 Å². The summed E-state index contributed by atoms with van der Waals surface area (Å²) in [6.45, 7) is 0.561. The molecule has 0 aliphatic carbocycles. The van der Waals surface area contributed by atoms with E-state index in [0.29, 0.717) is 24.9 Å². The van der Waals surface area contributed by atoms with Crippen LogP contribution in [0.5, 0.6) is 5.75 Å². The molecule has 3 aromatic carbocycles. The third-order valence-electron chi connectivity index (χ3n) is 5.37. The number of likely N-dealkylation sites (N-methyl/N-ethyl adjacent to an activating group) is 1. The van der Waals surface area contributed by atoms with Gasteiger partial charge < -0.3 is 23.9 Å². The van der Waals surface area contributed by atoms with Gasteiger partial charge in [-0.05, 0) is 35.4 Å². The van der Waals surface area contributed by atoms with Gasteiger partial charge >= 0.3 is 12.1 Å². The molecule has 9 nitrogen and oxygen atoms in total. The molecule has 4 rings (SSSR count). The number of hydrogen-bond acceptors (Lipinski definition) is 7. The van der Waals surface area contributed by atoms with Crippen molar-refractivity contribution in [3.05, 3.63) is 90.0 Å². The Morgan fingerprint density at radius 3 is 2.50 bits per heavy atom. The minimum absolute atomic E-state index is 0.0621. The topological polar surface area (TPSA) is 105 Å². The summed E-state index contributed by atoms with van der Waals surface area (Å²) in [5, 5.41) is 9.27. The molecule has 1 amide bonds. The number of hydrogen-bond donors (Lipinski definition) is 1. The third kappa shape index (κ3) is 6.75. The molecular formula is C27H27N3O6. The van der Waals surface area contributed by atoms with Crippen molar-refractivity contribution >= 4 is 29.2 Å². The first kappa shape index (κ1) is 24.6. The number of nitrogens with zero attached hydrogens (tertiary/aromatic N) is 3. The van der Waals surface area contributed by atoms with Gasteiger partial charge in [0.05, 0.1) is 6.54 Å². The molecule has 9 heteroatoms. The molecule has 4 aromatic rings. The standard InChI is InChI=1S/C27H27N3O6/c1-29(26-28-23-12-5-6-13-24(23)36-26)14-15-34-22-11-7-10-21(16-22)17-30(18-25(31)32)27(33)35-19-20-8-3-2-4-9-20/h2-13,16H,14-15,17-19H2,1H3,(H,31,32). The first-order valence-electron chi connectivity index (χ1n) is 11.4. The van der Waals surface area contributed by atoms with Crippen LogP contribution in [0.4, 0.5) is 10.8 Å². The van der Waals surface area contributed by atoms with Crippen LogP contribution in [-0.2, 0) is 22.7 Å². The van der Waals surface area contributed by atoms with E-state index in [1.54, 1.807) is 24.3 Å². The average molecular weight is 490 g/mol. The molecule has 0 saturated heterocycles. The van der Waals surface area contributed by atoms with Crippen LogP contribution in [-0.4, -0.2) is 53.8 Å². The molecule has 0 saturated carbocycles. The van der Waals surface area contributed by atoms with Crippen LogP contribution >= 0.6 is 0 Å². The fraction of sp³-hybridized carbons (Fsp3) is 0.222. The second-order valence-corrected chi connectivity index (χ2v) is 8.17. The van der Waals surface area contributed by atoms with Crippen molar-refractivity contribution in [3.63, 3.8) is 0 Å². The maximum absolute atomic E-state index is 12.6. The summed E-state index contributed by atoms with van der Waals surface area (Å²) in [7, 11) is 1.87. The molecule has 1 heterocycles. The maximum atomic E-state index is 12.6. The summed E-state index contributed by atoms with van der Waals surface area (Å²) in [5.41, 5.74) is 3.06. The zero-order valence-corrected chi connectivity index (χ0v) is 19.9. The van der Waals surface area contributed by atoms with Crippen molar-refractivity contribution in [2.45, 2.75) is 13.2 Å². The molecule has 36 heavy (non-hydrogen) atoms. The first-order chi connectivity index (χ1) is 17.5. The highest BCUT2D eigenvalue weighted by Crippen LogP contribution is 2.21. The highest BCUT2D eigenvalue weighted by atomic mass is 16.6. The van der Waals surface area contributed by atoms with Crippen LogP contribution in [0, 0.1) is 0 Å². The minimum Gasteiger partial charge on any atom is -0.492 e. The Labute approximate surface area is 208 Å². The number of aliphatic carboxylic acids is 1. The van der Waals surface area contributed by atoms with Crippen LogP contribution < -0.4 is 9.64 Å². The fourth-order valence-electron chi connectivity index (χ4n) is 3.53. The molecule has 1 N–H and O–H groups in total. The Bertz CT molecular complexity index is 1270. The van der Waals surface area contributed by atoms with Gasteiger partial charge in [-0.3, -0.25) is 9.69 Å². The number of para-hydroxylation sites is 2. The Morgan fingerprint density at radius 2 is 1.72 bits per heavy atom. The number of aromatic nitrogens is 1. The third-order valence-corrected chi connectivity index (χ3v) is 5.37. The first-order valence-corrected chi connectivity index (χ1v) is 11.4. The van der Waals surface area contributed by atoms with E-state index < -0.39 is 18.6 Å². The number of oxazole rings is 1. The lowest BCUT2D eigenvalue weighted by Crippen LogP contribution is -2.35. The normalized spacial score (nSPS) is 10.7. The Hall–Kier alpha value is -4.53. The van der Waals surface area contributed by atoms with Gasteiger partial charge in [0, 0.05) is 13.6 Å². The van der Waals surface area contributed by atoms with E-state index in [0.717, 1.165) is 27.1 Å². The Kier molecular flexibility index (Phi) is 8.02. The summed E-state index contributed by atoms with van der Waals surface area (Å²) in [4.78, 5) is 31.4. The van der Waals surface area contributed by atoms with Crippen LogP contribution in [0.25, 0.3) is 11.1 Å². The minimum atomic E-state index is -1.12. The summed E-state index contributed by atoms with van der Waals surface area (Å²) in [6.07, 6.45) is -0.701. The van der Waals surface area contributed by atoms with Gasteiger partial charge in [0.2, 0.25) is 0 Å². The largest absolute Gasteiger partial charge is 0.492 e. The second kappa shape index (κ2) is 11.7. The smallest absolute Gasteiger partial charge is 0.410 e. The van der Waals surface area contributed by atoms with Crippen molar-refractivity contribution in [1.82, 2.24) is 9.88 Å². The van der Waals surface area contributed by atoms with Crippen molar-refractivity contribution in [2.24, 2.45) is 0 Å². The lowest BCUT2D eigenvalue weighted by atomic mass is 10.2. The number of benzene rings is 3. The van der Waals surface area contributed by atoms with Gasteiger partial charge in [0.25, 0.3) is 6.01 Å². The number of carbonyl (C=O) groups excluding carboxylic acids is 1. The van der Waals surface area contributed by atoms with Crippen molar-refractivity contribution in [1.29, 1.82) is 0 Å². The predicted octanol–water partition coefficient (Wildman–Crippen LogP) is 4.57. The molecule has 0 bridgehead atoms. The van der Waals surface area contributed by atoms with Crippen LogP contribution in [0.3, 0.4) is 0 Å². The van der Waals surface area contributed by atoms with E-state index in [2.05, 4.69) is 4.98 Å². The number of carboxylic acids is 1. The summed E-state index contributed by atoms with van der Waals surface area (Å²) in [5.74, 6) is -0.521. The number of carboxylic acid groups (broad SMARTS) is 1. The molecule has 0 unspecified atom stereocenters. The van der Waals surface area contributed by atoms with Crippen molar-refractivity contribution in [2.75, 3.05) is 31.6 Å². The zero-order chi connectivity index (χ0) is 25.3. The average Bonchev–Trinajstić information content (AvgIpc) is 3.32. The van der Waals surface area contributed by atoms with Gasteiger partial charge in [-0.1, -0.05) is 54.6 Å². The molecule has 1 aromatic heterocycles. The quantitative estimate of drug-likeness (QED) is 0.327. The second-order valence-electron chi connectivity index (χ2n) is 8.17. The SMILES string of the molecule is CN(CCOc1cccc(CN(CC(=O)O)C(=O)OCc2ccccc2)c1)c1nc2ccccc2o1. The molecule has 0 atom stereocenters. The number of rotatable bonds is 11. The van der Waals surface area contributed by atoms with Gasteiger partial charge in [0.15, 0.2) is 5.58 Å². The van der Waals surface area contributed by atoms with Gasteiger partial charge in [-0.2, -0.15) is 4.98 Å². The highest BCUT2D eigenvalue weighted by molar-refractivity contribution is 5.76. The number of anilines is 1. The zero-order valence-electron chi connectivity index (χ0n) is 19.9. The fourth-order valence-corrected chi connectivity index (χ4v) is 3.53. The maximum Gasteiger partial charge on any atom is 0.410 e. The highest BCUT2D eigenvalue weighted by Gasteiger charge is 2.19. The Morgan fingerprint density at radius 1 is 0.972 bits per heavy atom. The summed E-state index contributed by atoms with van der Waals surface area (Å²) < 4.78 is 17.0. The van der Waals surface area contributed by atoms with E-state index in [9.17, 15) is 14.7 Å². The van der Waals surface area contributed by atoms with Gasteiger partial charge in [-0.25, -0.2) is 4.79 Å². The van der Waals surface area contributed by atoms with E-state index in [-0.39, 0.29) is 13.2 Å². The molecule has 0 radical (unpaired) electrons. The van der Waals surface area contributed by atoms with E-state index in [4.69, 9.17) is 13.9 Å². The van der Waals surface area contributed by atoms with Crippen molar-refractivity contribution < 1.29 is 28.6 Å². The predicted molar refractivity (Wildman–Crippen MR) is 134 cm³/mol. The van der Waals surface area contributed by atoms with Crippen LogP contribution in [0.15, 0.2) is 83.3 Å². The Balaban J connectivity index is 1.32. The number of fused-ring (bicyclic) bond motifs is 1. The van der Waals surface area contributed by atoms with Crippen LogP contribution in [0.2, 0.25) is 0 Å². The number of amides is 1. The molecule has 0 aliphatic rings. The molecular weight excluding hydrogens is 462 g/mol. The van der Waals surface area contributed by atoms with Crippen molar-refractivity contribution in [3.8, 4) is 5.75 Å². The molecule has 186 valence electrons. The van der Waals surface area contributed by atoms with E-state index in [1.807, 2.05) is 66.5 Å². The number of carbonyl (C=O) groups is 2. The summed E-state index contributed by atoms with van der Waals surface area (Å²) in [6, 6.07) is 24.5. The van der Waals surface area contributed by atoms with Gasteiger partial charge in [-0.15, -0.1) is 0 Å². The van der Waals surface area contributed by atoms with Gasteiger partial charge in [0.1, 0.15) is 31.0 Å². The van der Waals surface area contributed by atoms with Crippen LogP contribution in [0.1, 0.15) is 11.1 Å². The number of ether oxygens (including phenoxy) is 2. The lowest BCUT2D eigenvalue weighted by molar-refractivity contribution is -0.138. The molecule has 0 aliphatic heterocycles.